The van der Waals surface area contributed by atoms with Gasteiger partial charge < -0.3 is 14.8 Å². The fraction of sp³-hybridized carbons (Fsp3) is 0.538. The van der Waals surface area contributed by atoms with Crippen molar-refractivity contribution in [2.24, 2.45) is 11.8 Å². The molecule has 1 aromatic heterocycles. The van der Waals surface area contributed by atoms with Crippen LogP contribution in [0.3, 0.4) is 0 Å². The molecule has 1 fully saturated rings. The van der Waals surface area contributed by atoms with Crippen LogP contribution in [-0.2, 0) is 16.0 Å². The number of hydrogen-bond acceptors (Lipinski definition) is 3. The summed E-state index contributed by atoms with van der Waals surface area (Å²) in [6.45, 7) is 1.92. The van der Waals surface area contributed by atoms with E-state index in [1.54, 1.807) is 6.26 Å². The van der Waals surface area contributed by atoms with Crippen LogP contribution in [0.25, 0.3) is 0 Å². The van der Waals surface area contributed by atoms with E-state index in [9.17, 15) is 9.59 Å². The lowest BCUT2D eigenvalue weighted by molar-refractivity contribution is -0.140. The van der Waals surface area contributed by atoms with Crippen molar-refractivity contribution in [1.82, 2.24) is 5.32 Å². The number of hydrogen-bond donors (Lipinski definition) is 2. The minimum absolute atomic E-state index is 0.0256. The summed E-state index contributed by atoms with van der Waals surface area (Å²) < 4.78 is 5.21. The van der Waals surface area contributed by atoms with E-state index in [-0.39, 0.29) is 17.9 Å². The summed E-state index contributed by atoms with van der Waals surface area (Å²) in [7, 11) is 0. The molecule has 1 aliphatic rings. The van der Waals surface area contributed by atoms with E-state index in [1.165, 1.54) is 0 Å². The first-order valence-corrected chi connectivity index (χ1v) is 6.13. The summed E-state index contributed by atoms with van der Waals surface area (Å²) in [5, 5.41) is 11.6. The summed E-state index contributed by atoms with van der Waals surface area (Å²) in [4.78, 5) is 22.3. The predicted molar refractivity (Wildman–Crippen MR) is 63.9 cm³/mol. The summed E-state index contributed by atoms with van der Waals surface area (Å²) in [5.74, 6) is -0.950. The maximum absolute atomic E-state index is 11.7. The molecule has 0 aliphatic heterocycles. The van der Waals surface area contributed by atoms with Crippen LogP contribution in [0.2, 0.25) is 0 Å². The first kappa shape index (κ1) is 12.7. The molecule has 1 amide bonds. The lowest BCUT2D eigenvalue weighted by Gasteiger charge is -2.12. The van der Waals surface area contributed by atoms with Crippen molar-refractivity contribution in [3.63, 3.8) is 0 Å². The van der Waals surface area contributed by atoms with Crippen LogP contribution >= 0.6 is 0 Å². The van der Waals surface area contributed by atoms with Crippen molar-refractivity contribution < 1.29 is 19.1 Å². The van der Waals surface area contributed by atoms with Gasteiger partial charge in [-0.1, -0.05) is 0 Å². The lowest BCUT2D eigenvalue weighted by Crippen LogP contribution is -2.34. The Balaban J connectivity index is 1.70. The third-order valence-corrected chi connectivity index (χ3v) is 3.24. The molecule has 0 saturated heterocycles. The zero-order valence-electron chi connectivity index (χ0n) is 10.3. The molecule has 1 unspecified atom stereocenters. The van der Waals surface area contributed by atoms with E-state index in [4.69, 9.17) is 9.52 Å². The van der Waals surface area contributed by atoms with Gasteiger partial charge in [0.1, 0.15) is 5.76 Å². The second-order valence-corrected chi connectivity index (χ2v) is 4.81. The third kappa shape index (κ3) is 3.12. The predicted octanol–water partition coefficient (Wildman–Crippen LogP) is 1.44. The highest BCUT2D eigenvalue weighted by Crippen LogP contribution is 2.38. The van der Waals surface area contributed by atoms with E-state index >= 15 is 0 Å². The molecule has 5 nitrogen and oxygen atoms in total. The number of carboxylic acid groups (broad SMARTS) is 1. The van der Waals surface area contributed by atoms with Crippen molar-refractivity contribution in [2.45, 2.75) is 32.2 Å². The number of carbonyl (C=O) groups excluding carboxylic acids is 1. The van der Waals surface area contributed by atoms with Gasteiger partial charge in [0.25, 0.3) is 0 Å². The fourth-order valence-corrected chi connectivity index (χ4v) is 1.99. The zero-order valence-corrected chi connectivity index (χ0v) is 10.3. The summed E-state index contributed by atoms with van der Waals surface area (Å²) in [6, 6.07) is 3.76. The third-order valence-electron chi connectivity index (χ3n) is 3.24. The van der Waals surface area contributed by atoms with E-state index in [1.807, 2.05) is 19.1 Å². The highest BCUT2D eigenvalue weighted by atomic mass is 16.4. The molecule has 0 spiro atoms. The first-order chi connectivity index (χ1) is 8.58. The van der Waals surface area contributed by atoms with Crippen molar-refractivity contribution in [3.05, 3.63) is 24.2 Å². The van der Waals surface area contributed by atoms with Crippen LogP contribution in [-0.4, -0.2) is 23.0 Å². The van der Waals surface area contributed by atoms with Crippen molar-refractivity contribution in [1.29, 1.82) is 0 Å². The Morgan fingerprint density at radius 1 is 1.56 bits per heavy atom. The maximum Gasteiger partial charge on any atom is 0.307 e. The van der Waals surface area contributed by atoms with Gasteiger partial charge in [-0.05, 0) is 31.9 Å². The van der Waals surface area contributed by atoms with E-state index in [0.717, 1.165) is 18.6 Å². The molecule has 1 aromatic rings. The Morgan fingerprint density at radius 3 is 2.89 bits per heavy atom. The average Bonchev–Trinajstić information content (AvgIpc) is 2.97. The van der Waals surface area contributed by atoms with Gasteiger partial charge in [-0.15, -0.1) is 0 Å². The van der Waals surface area contributed by atoms with Gasteiger partial charge in [0.15, 0.2) is 0 Å². The van der Waals surface area contributed by atoms with Crippen molar-refractivity contribution in [2.75, 3.05) is 0 Å². The number of rotatable bonds is 6. The number of amides is 1. The van der Waals surface area contributed by atoms with Gasteiger partial charge in [0.05, 0.1) is 18.1 Å². The lowest BCUT2D eigenvalue weighted by atomic mass is 10.1. The molecule has 98 valence electrons. The minimum Gasteiger partial charge on any atom is -0.481 e. The number of carboxylic acids is 1. The normalized spacial score (nSPS) is 23.4. The molecular weight excluding hydrogens is 234 g/mol. The van der Waals surface area contributed by atoms with Gasteiger partial charge in [0.2, 0.25) is 5.91 Å². The SMILES string of the molecule is CC(CCc1ccco1)NC(=O)[C@@H]1C[C@@H]1C(=O)O. The molecule has 0 aromatic carbocycles. The van der Waals surface area contributed by atoms with E-state index in [0.29, 0.717) is 6.42 Å². The summed E-state index contributed by atoms with van der Waals surface area (Å²) >= 11 is 0. The molecule has 18 heavy (non-hydrogen) atoms. The van der Waals surface area contributed by atoms with Gasteiger partial charge in [0, 0.05) is 12.5 Å². The quantitative estimate of drug-likeness (QED) is 0.801. The van der Waals surface area contributed by atoms with E-state index in [2.05, 4.69) is 5.32 Å². The van der Waals surface area contributed by atoms with Crippen LogP contribution < -0.4 is 5.32 Å². The van der Waals surface area contributed by atoms with Gasteiger partial charge >= 0.3 is 5.97 Å². The molecule has 0 radical (unpaired) electrons. The van der Waals surface area contributed by atoms with Crippen LogP contribution in [0.15, 0.2) is 22.8 Å². The highest BCUT2D eigenvalue weighted by molar-refractivity contribution is 5.89. The van der Waals surface area contributed by atoms with Crippen LogP contribution in [0.5, 0.6) is 0 Å². The Hall–Kier alpha value is -1.78. The molecule has 1 saturated carbocycles. The number of nitrogens with one attached hydrogen (secondary N) is 1. The number of carbonyl (C=O) groups is 2. The Bertz CT molecular complexity index is 426. The molecule has 2 rings (SSSR count). The molecule has 0 bridgehead atoms. The van der Waals surface area contributed by atoms with Gasteiger partial charge in [-0.2, -0.15) is 0 Å². The minimum atomic E-state index is -0.876. The second kappa shape index (κ2) is 5.25. The Kier molecular flexibility index (Phi) is 3.69. The smallest absolute Gasteiger partial charge is 0.307 e. The summed E-state index contributed by atoms with van der Waals surface area (Å²) in [6.07, 6.45) is 3.64. The fourth-order valence-electron chi connectivity index (χ4n) is 1.99. The van der Waals surface area contributed by atoms with Crippen LogP contribution in [0.4, 0.5) is 0 Å². The van der Waals surface area contributed by atoms with Crippen LogP contribution in [0.1, 0.15) is 25.5 Å². The molecular formula is C13H17NO4. The molecule has 2 N–H and O–H groups in total. The van der Waals surface area contributed by atoms with Crippen molar-refractivity contribution in [3.8, 4) is 0 Å². The number of aryl methyl sites for hydroxylation is 1. The largest absolute Gasteiger partial charge is 0.481 e. The van der Waals surface area contributed by atoms with Crippen molar-refractivity contribution >= 4 is 11.9 Å². The van der Waals surface area contributed by atoms with Crippen LogP contribution in [0, 0.1) is 11.8 Å². The first-order valence-electron chi connectivity index (χ1n) is 6.13. The molecule has 1 aliphatic carbocycles. The van der Waals surface area contributed by atoms with E-state index < -0.39 is 11.9 Å². The molecule has 3 atom stereocenters. The summed E-state index contributed by atoms with van der Waals surface area (Å²) in [5.41, 5.74) is 0. The Labute approximate surface area is 105 Å². The standard InChI is InChI=1S/C13H17NO4/c1-8(4-5-9-3-2-6-18-9)14-12(15)10-7-11(10)13(16)17/h2-3,6,8,10-11H,4-5,7H2,1H3,(H,14,15)(H,16,17)/t8?,10-,11+/m1/s1. The molecule has 1 heterocycles. The highest BCUT2D eigenvalue weighted by Gasteiger charge is 2.48. The zero-order chi connectivity index (χ0) is 13.1. The molecule has 5 heteroatoms. The van der Waals surface area contributed by atoms with Gasteiger partial charge in [-0.25, -0.2) is 0 Å². The number of aliphatic carboxylic acids is 1. The topological polar surface area (TPSA) is 79.5 Å². The average molecular weight is 251 g/mol. The Morgan fingerprint density at radius 2 is 2.33 bits per heavy atom. The maximum atomic E-state index is 11.7. The number of furan rings is 1. The van der Waals surface area contributed by atoms with Gasteiger partial charge in [-0.3, -0.25) is 9.59 Å². The second-order valence-electron chi connectivity index (χ2n) is 4.81. The monoisotopic (exact) mass is 251 g/mol.